The fourth-order valence-electron chi connectivity index (χ4n) is 4.60. The van der Waals surface area contributed by atoms with E-state index in [0.29, 0.717) is 22.2 Å². The number of halogens is 4. The largest absolute Gasteiger partial charge is 0.416 e. The Balaban J connectivity index is 1.44. The fraction of sp³-hybridized carbons (Fsp3) is 0.522. The molecule has 0 unspecified atom stereocenters. The van der Waals surface area contributed by atoms with Crippen molar-refractivity contribution in [2.75, 3.05) is 26.2 Å². The summed E-state index contributed by atoms with van der Waals surface area (Å²) in [5.41, 5.74) is 2.22. The number of piperidine rings is 1. The van der Waals surface area contributed by atoms with Gasteiger partial charge in [-0.25, -0.2) is 0 Å². The van der Waals surface area contributed by atoms with Gasteiger partial charge in [0.2, 0.25) is 0 Å². The Bertz CT molecular complexity index is 886. The van der Waals surface area contributed by atoms with Crippen LogP contribution in [0.25, 0.3) is 11.1 Å². The van der Waals surface area contributed by atoms with Gasteiger partial charge in [0.25, 0.3) is 0 Å². The number of benzene rings is 1. The Hall–Kier alpha value is -1.63. The Morgan fingerprint density at radius 3 is 2.40 bits per heavy atom. The van der Waals surface area contributed by atoms with Crippen LogP contribution in [0.15, 0.2) is 30.5 Å². The molecule has 2 saturated heterocycles. The summed E-state index contributed by atoms with van der Waals surface area (Å²) in [6, 6.07) is 6.00. The maximum absolute atomic E-state index is 13.1. The zero-order valence-corrected chi connectivity index (χ0v) is 17.9. The van der Waals surface area contributed by atoms with Crippen LogP contribution in [0.2, 0.25) is 5.02 Å². The third-order valence-electron chi connectivity index (χ3n) is 6.38. The molecule has 0 radical (unpaired) electrons. The molecule has 0 amide bonds. The van der Waals surface area contributed by atoms with Crippen molar-refractivity contribution in [3.05, 3.63) is 52.3 Å². The molecule has 162 valence electrons. The van der Waals surface area contributed by atoms with Gasteiger partial charge in [-0.2, -0.15) is 13.2 Å². The van der Waals surface area contributed by atoms with Crippen LogP contribution >= 0.6 is 11.6 Å². The minimum Gasteiger partial charge on any atom is -0.300 e. The molecular weight excluding hydrogens is 411 g/mol. The van der Waals surface area contributed by atoms with Crippen LogP contribution in [0, 0.1) is 6.92 Å². The summed E-state index contributed by atoms with van der Waals surface area (Å²) in [4.78, 5) is 9.65. The second kappa shape index (κ2) is 8.85. The third-order valence-corrected chi connectivity index (χ3v) is 6.71. The number of aryl methyl sites for hydroxylation is 1. The van der Waals surface area contributed by atoms with Crippen LogP contribution in [0.4, 0.5) is 13.2 Å². The van der Waals surface area contributed by atoms with Crippen LogP contribution in [0.3, 0.4) is 0 Å². The second-order valence-electron chi connectivity index (χ2n) is 8.43. The van der Waals surface area contributed by atoms with Crippen molar-refractivity contribution in [1.29, 1.82) is 0 Å². The van der Waals surface area contributed by atoms with E-state index < -0.39 is 11.7 Å². The normalized spacial score (nSPS) is 19.5. The highest BCUT2D eigenvalue weighted by Gasteiger charge is 2.31. The van der Waals surface area contributed by atoms with Gasteiger partial charge in [-0.15, -0.1) is 0 Å². The van der Waals surface area contributed by atoms with Gasteiger partial charge in [-0.3, -0.25) is 9.88 Å². The molecule has 0 bridgehead atoms. The summed E-state index contributed by atoms with van der Waals surface area (Å²) < 4.78 is 39.2. The van der Waals surface area contributed by atoms with E-state index in [1.165, 1.54) is 44.8 Å². The van der Waals surface area contributed by atoms with Crippen molar-refractivity contribution < 1.29 is 13.2 Å². The number of pyridine rings is 1. The van der Waals surface area contributed by atoms with E-state index in [2.05, 4.69) is 14.8 Å². The lowest BCUT2D eigenvalue weighted by Gasteiger charge is -2.36. The van der Waals surface area contributed by atoms with Gasteiger partial charge >= 0.3 is 6.18 Å². The molecule has 3 heterocycles. The molecule has 2 aromatic rings. The number of alkyl halides is 3. The first-order valence-corrected chi connectivity index (χ1v) is 11.0. The topological polar surface area (TPSA) is 19.4 Å². The molecule has 2 fully saturated rings. The minimum absolute atomic E-state index is 0.293. The van der Waals surface area contributed by atoms with Crippen LogP contribution < -0.4 is 0 Å². The van der Waals surface area contributed by atoms with Gasteiger partial charge < -0.3 is 4.90 Å². The predicted octanol–water partition coefficient (Wildman–Crippen LogP) is 5.79. The van der Waals surface area contributed by atoms with Crippen molar-refractivity contribution in [3.8, 4) is 11.1 Å². The van der Waals surface area contributed by atoms with E-state index in [1.54, 1.807) is 6.20 Å². The van der Waals surface area contributed by atoms with E-state index in [4.69, 9.17) is 11.6 Å². The Morgan fingerprint density at radius 2 is 1.77 bits per heavy atom. The summed E-state index contributed by atoms with van der Waals surface area (Å²) in [6.45, 7) is 7.34. The fourth-order valence-corrected chi connectivity index (χ4v) is 4.83. The Morgan fingerprint density at radius 1 is 1.07 bits per heavy atom. The van der Waals surface area contributed by atoms with Gasteiger partial charge in [0.1, 0.15) is 0 Å². The lowest BCUT2D eigenvalue weighted by atomic mass is 10.0. The molecule has 0 aliphatic carbocycles. The molecule has 0 atom stereocenters. The molecule has 1 aromatic heterocycles. The number of hydrogen-bond donors (Lipinski definition) is 0. The van der Waals surface area contributed by atoms with Crippen molar-refractivity contribution in [2.24, 2.45) is 0 Å². The first kappa shape index (κ1) is 21.6. The maximum Gasteiger partial charge on any atom is 0.416 e. The quantitative estimate of drug-likeness (QED) is 0.603. The molecule has 7 heteroatoms. The zero-order valence-electron chi connectivity index (χ0n) is 17.2. The van der Waals surface area contributed by atoms with Gasteiger partial charge in [-0.1, -0.05) is 11.6 Å². The Labute approximate surface area is 180 Å². The van der Waals surface area contributed by atoms with E-state index in [0.717, 1.165) is 43.0 Å². The van der Waals surface area contributed by atoms with Gasteiger partial charge in [0, 0.05) is 48.0 Å². The van der Waals surface area contributed by atoms with Crippen molar-refractivity contribution in [3.63, 3.8) is 0 Å². The number of nitrogens with zero attached hydrogens (tertiary/aromatic N) is 3. The predicted molar refractivity (Wildman–Crippen MR) is 114 cm³/mol. The molecule has 3 nitrogen and oxygen atoms in total. The number of likely N-dealkylation sites (tertiary alicyclic amines) is 2. The first-order valence-electron chi connectivity index (χ1n) is 10.6. The lowest BCUT2D eigenvalue weighted by molar-refractivity contribution is -0.137. The molecule has 30 heavy (non-hydrogen) atoms. The minimum atomic E-state index is -4.40. The number of rotatable bonds is 4. The standard InChI is InChI=1S/C23H27ClF3N3/c1-16-12-17(20-13-18(23(25,26)27)4-5-21(20)24)14-28-22(16)15-29-10-6-19(7-11-29)30-8-2-3-9-30/h4-5,12-14,19H,2-3,6-11,15H2,1H3. The van der Waals surface area contributed by atoms with Crippen molar-refractivity contribution in [2.45, 2.75) is 51.4 Å². The molecular formula is C23H27ClF3N3. The molecule has 0 N–H and O–H groups in total. The van der Waals surface area contributed by atoms with E-state index in [-0.39, 0.29) is 0 Å². The average Bonchev–Trinajstić information content (AvgIpc) is 3.24. The molecule has 2 aliphatic heterocycles. The summed E-state index contributed by atoms with van der Waals surface area (Å²) in [5.74, 6) is 0. The summed E-state index contributed by atoms with van der Waals surface area (Å²) in [5, 5.41) is 0.293. The van der Waals surface area contributed by atoms with Gasteiger partial charge in [0.15, 0.2) is 0 Å². The van der Waals surface area contributed by atoms with Crippen LogP contribution in [0.5, 0.6) is 0 Å². The van der Waals surface area contributed by atoms with Gasteiger partial charge in [0.05, 0.1) is 11.3 Å². The maximum atomic E-state index is 13.1. The van der Waals surface area contributed by atoms with E-state index in [1.807, 2.05) is 13.0 Å². The van der Waals surface area contributed by atoms with E-state index >= 15 is 0 Å². The molecule has 1 aromatic carbocycles. The zero-order chi connectivity index (χ0) is 21.3. The van der Waals surface area contributed by atoms with Crippen molar-refractivity contribution >= 4 is 11.6 Å². The summed E-state index contributed by atoms with van der Waals surface area (Å²) in [7, 11) is 0. The van der Waals surface area contributed by atoms with Crippen LogP contribution in [-0.4, -0.2) is 47.0 Å². The number of aromatic nitrogens is 1. The highest BCUT2D eigenvalue weighted by atomic mass is 35.5. The Kier molecular flexibility index (Phi) is 6.37. The second-order valence-corrected chi connectivity index (χ2v) is 8.84. The summed E-state index contributed by atoms with van der Waals surface area (Å²) >= 11 is 6.19. The molecule has 4 rings (SSSR count). The third kappa shape index (κ3) is 4.82. The van der Waals surface area contributed by atoms with Gasteiger partial charge in [-0.05, 0) is 75.5 Å². The van der Waals surface area contributed by atoms with E-state index in [9.17, 15) is 13.2 Å². The summed E-state index contributed by atoms with van der Waals surface area (Å²) in [6.07, 6.45) is 2.27. The first-order chi connectivity index (χ1) is 14.3. The highest BCUT2D eigenvalue weighted by Crippen LogP contribution is 2.36. The lowest BCUT2D eigenvalue weighted by Crippen LogP contribution is -2.43. The smallest absolute Gasteiger partial charge is 0.300 e. The van der Waals surface area contributed by atoms with Crippen LogP contribution in [0.1, 0.15) is 42.5 Å². The molecule has 0 saturated carbocycles. The van der Waals surface area contributed by atoms with Crippen molar-refractivity contribution in [1.82, 2.24) is 14.8 Å². The molecule has 2 aliphatic rings. The highest BCUT2D eigenvalue weighted by molar-refractivity contribution is 6.33. The SMILES string of the molecule is Cc1cc(-c2cc(C(F)(F)F)ccc2Cl)cnc1CN1CCC(N2CCCC2)CC1. The number of hydrogen-bond acceptors (Lipinski definition) is 3. The average molecular weight is 438 g/mol. The van der Waals surface area contributed by atoms with Crippen LogP contribution in [-0.2, 0) is 12.7 Å². The molecule has 0 spiro atoms. The monoisotopic (exact) mass is 437 g/mol.